The van der Waals surface area contributed by atoms with Gasteiger partial charge in [0.05, 0.1) is 18.4 Å². The third-order valence-corrected chi connectivity index (χ3v) is 2.56. The number of carbonyl (C=O) groups is 2. The van der Waals surface area contributed by atoms with Crippen LogP contribution in [-0.4, -0.2) is 22.0 Å². The first-order valence-corrected chi connectivity index (χ1v) is 4.81. The van der Waals surface area contributed by atoms with E-state index in [1.165, 1.54) is 0 Å². The summed E-state index contributed by atoms with van der Waals surface area (Å²) < 4.78 is 0. The Kier molecular flexibility index (Phi) is 2.45. The molecule has 1 aliphatic rings. The molecule has 5 nitrogen and oxygen atoms in total. The summed E-state index contributed by atoms with van der Waals surface area (Å²) in [6.07, 6.45) is 2.24. The topological polar surface area (TPSA) is 82.2 Å². The second-order valence-corrected chi connectivity index (χ2v) is 3.70. The number of carboxylic acids is 1. The summed E-state index contributed by atoms with van der Waals surface area (Å²) in [6.45, 7) is 0.425. The molecule has 1 saturated carbocycles. The maximum atomic E-state index is 11.4. The highest BCUT2D eigenvalue weighted by molar-refractivity contribution is 5.89. The van der Waals surface area contributed by atoms with E-state index in [1.807, 2.05) is 12.1 Å². The lowest BCUT2D eigenvalue weighted by molar-refractivity contribution is -0.140. The van der Waals surface area contributed by atoms with E-state index in [4.69, 9.17) is 5.11 Å². The summed E-state index contributed by atoms with van der Waals surface area (Å²) >= 11 is 0. The number of carboxylic acid groups (broad SMARTS) is 1. The fourth-order valence-corrected chi connectivity index (χ4v) is 1.55. The molecule has 0 radical (unpaired) electrons. The molecule has 2 unspecified atom stereocenters. The summed E-state index contributed by atoms with van der Waals surface area (Å²) in [5.74, 6) is -1.86. The van der Waals surface area contributed by atoms with Gasteiger partial charge < -0.3 is 15.4 Å². The third-order valence-electron chi connectivity index (χ3n) is 2.56. The van der Waals surface area contributed by atoms with Crippen molar-refractivity contribution in [2.45, 2.75) is 13.0 Å². The van der Waals surface area contributed by atoms with E-state index in [1.54, 1.807) is 6.20 Å². The lowest BCUT2D eigenvalue weighted by Gasteiger charge is -2.01. The van der Waals surface area contributed by atoms with Crippen LogP contribution in [0.4, 0.5) is 0 Å². The second kappa shape index (κ2) is 3.76. The van der Waals surface area contributed by atoms with E-state index < -0.39 is 11.9 Å². The van der Waals surface area contributed by atoms with Gasteiger partial charge in [-0.2, -0.15) is 0 Å². The Morgan fingerprint density at radius 1 is 1.53 bits per heavy atom. The molecule has 1 fully saturated rings. The van der Waals surface area contributed by atoms with E-state index in [-0.39, 0.29) is 11.8 Å². The summed E-state index contributed by atoms with van der Waals surface area (Å²) in [5.41, 5.74) is 0.913. The maximum absolute atomic E-state index is 11.4. The molecule has 1 aromatic rings. The maximum Gasteiger partial charge on any atom is 0.307 e. The number of hydrogen-bond acceptors (Lipinski definition) is 2. The van der Waals surface area contributed by atoms with Crippen LogP contribution in [0.1, 0.15) is 12.1 Å². The quantitative estimate of drug-likeness (QED) is 0.667. The van der Waals surface area contributed by atoms with Crippen molar-refractivity contribution >= 4 is 11.9 Å². The zero-order valence-electron chi connectivity index (χ0n) is 8.06. The predicted molar refractivity (Wildman–Crippen MR) is 51.9 cm³/mol. The Hall–Kier alpha value is -1.78. The largest absolute Gasteiger partial charge is 0.481 e. The fraction of sp³-hybridized carbons (Fsp3) is 0.400. The van der Waals surface area contributed by atoms with Crippen molar-refractivity contribution in [3.63, 3.8) is 0 Å². The molecular weight excluding hydrogens is 196 g/mol. The van der Waals surface area contributed by atoms with Gasteiger partial charge in [-0.05, 0) is 18.6 Å². The highest BCUT2D eigenvalue weighted by atomic mass is 16.4. The number of aromatic amines is 1. The first-order chi connectivity index (χ1) is 7.18. The molecule has 0 aromatic carbocycles. The third kappa shape index (κ3) is 2.18. The molecule has 1 aromatic heterocycles. The van der Waals surface area contributed by atoms with Gasteiger partial charge in [0.2, 0.25) is 5.91 Å². The van der Waals surface area contributed by atoms with Crippen LogP contribution in [0.3, 0.4) is 0 Å². The van der Waals surface area contributed by atoms with Crippen LogP contribution in [0, 0.1) is 11.8 Å². The van der Waals surface area contributed by atoms with Gasteiger partial charge in [-0.25, -0.2) is 0 Å². The molecule has 0 saturated heterocycles. The summed E-state index contributed by atoms with van der Waals surface area (Å²) in [4.78, 5) is 24.9. The molecular formula is C10H12N2O3. The Balaban J connectivity index is 1.77. The van der Waals surface area contributed by atoms with Crippen LogP contribution in [-0.2, 0) is 16.1 Å². The number of hydrogen-bond donors (Lipinski definition) is 3. The van der Waals surface area contributed by atoms with Crippen molar-refractivity contribution in [3.8, 4) is 0 Å². The van der Waals surface area contributed by atoms with Crippen LogP contribution < -0.4 is 5.32 Å². The minimum Gasteiger partial charge on any atom is -0.481 e. The van der Waals surface area contributed by atoms with Gasteiger partial charge in [-0.3, -0.25) is 9.59 Å². The van der Waals surface area contributed by atoms with Crippen LogP contribution in [0.15, 0.2) is 18.3 Å². The molecule has 2 atom stereocenters. The number of nitrogens with one attached hydrogen (secondary N) is 2. The number of rotatable bonds is 4. The van der Waals surface area contributed by atoms with Gasteiger partial charge >= 0.3 is 5.97 Å². The van der Waals surface area contributed by atoms with E-state index in [0.717, 1.165) is 5.69 Å². The number of aliphatic carboxylic acids is 1. The van der Waals surface area contributed by atoms with Gasteiger partial charge in [0, 0.05) is 11.9 Å². The highest BCUT2D eigenvalue weighted by Crippen LogP contribution is 2.38. The van der Waals surface area contributed by atoms with Gasteiger partial charge in [0.25, 0.3) is 0 Å². The van der Waals surface area contributed by atoms with E-state index in [9.17, 15) is 9.59 Å². The van der Waals surface area contributed by atoms with E-state index in [0.29, 0.717) is 13.0 Å². The Morgan fingerprint density at radius 3 is 2.87 bits per heavy atom. The van der Waals surface area contributed by atoms with Gasteiger partial charge in [0.15, 0.2) is 0 Å². The summed E-state index contributed by atoms with van der Waals surface area (Å²) in [6, 6.07) is 3.71. The molecule has 15 heavy (non-hydrogen) atoms. The molecule has 5 heteroatoms. The molecule has 0 spiro atoms. The average Bonchev–Trinajstić information content (AvgIpc) is 2.85. The molecule has 0 aliphatic heterocycles. The molecule has 1 amide bonds. The Morgan fingerprint density at radius 2 is 2.33 bits per heavy atom. The highest BCUT2D eigenvalue weighted by Gasteiger charge is 2.48. The van der Waals surface area contributed by atoms with Crippen molar-refractivity contribution in [1.82, 2.24) is 10.3 Å². The lowest BCUT2D eigenvalue weighted by atomic mass is 10.3. The standard InChI is InChI=1S/C10H12N2O3/c13-9(7-4-8(7)10(14)15)12-5-6-2-1-3-11-6/h1-3,7-8,11H,4-5H2,(H,12,13)(H,14,15). The SMILES string of the molecule is O=C(O)C1CC1C(=O)NCc1ccc[nH]1. The van der Waals surface area contributed by atoms with E-state index in [2.05, 4.69) is 10.3 Å². The first kappa shape index (κ1) is 9.76. The molecule has 3 N–H and O–H groups in total. The monoisotopic (exact) mass is 208 g/mol. The van der Waals surface area contributed by atoms with Crippen LogP contribution in [0.2, 0.25) is 0 Å². The van der Waals surface area contributed by atoms with Crippen LogP contribution in [0.5, 0.6) is 0 Å². The first-order valence-electron chi connectivity index (χ1n) is 4.81. The van der Waals surface area contributed by atoms with Crippen molar-refractivity contribution in [3.05, 3.63) is 24.0 Å². The number of H-pyrrole nitrogens is 1. The minimum atomic E-state index is -0.880. The normalized spacial score (nSPS) is 23.5. The zero-order chi connectivity index (χ0) is 10.8. The Labute approximate surface area is 86.5 Å². The number of amides is 1. The van der Waals surface area contributed by atoms with Gasteiger partial charge in [0.1, 0.15) is 0 Å². The smallest absolute Gasteiger partial charge is 0.307 e. The van der Waals surface area contributed by atoms with Gasteiger partial charge in [-0.1, -0.05) is 0 Å². The molecule has 1 heterocycles. The number of carbonyl (C=O) groups excluding carboxylic acids is 1. The van der Waals surface area contributed by atoms with E-state index >= 15 is 0 Å². The molecule has 0 bridgehead atoms. The lowest BCUT2D eigenvalue weighted by Crippen LogP contribution is -2.26. The Bertz CT molecular complexity index is 372. The zero-order valence-corrected chi connectivity index (χ0v) is 8.06. The predicted octanol–water partition coefficient (Wildman–Crippen LogP) is 0.352. The van der Waals surface area contributed by atoms with Crippen LogP contribution >= 0.6 is 0 Å². The van der Waals surface area contributed by atoms with Crippen molar-refractivity contribution in [2.24, 2.45) is 11.8 Å². The fourth-order valence-electron chi connectivity index (χ4n) is 1.55. The minimum absolute atomic E-state index is 0.169. The molecule has 1 aliphatic carbocycles. The average molecular weight is 208 g/mol. The molecule has 2 rings (SSSR count). The van der Waals surface area contributed by atoms with Crippen molar-refractivity contribution < 1.29 is 14.7 Å². The van der Waals surface area contributed by atoms with Gasteiger partial charge in [-0.15, -0.1) is 0 Å². The number of aromatic nitrogens is 1. The molecule has 80 valence electrons. The van der Waals surface area contributed by atoms with Crippen molar-refractivity contribution in [1.29, 1.82) is 0 Å². The second-order valence-electron chi connectivity index (χ2n) is 3.70. The van der Waals surface area contributed by atoms with Crippen LogP contribution in [0.25, 0.3) is 0 Å². The summed E-state index contributed by atoms with van der Waals surface area (Å²) in [5, 5.41) is 11.3. The van der Waals surface area contributed by atoms with Crippen molar-refractivity contribution in [2.75, 3.05) is 0 Å². The summed E-state index contributed by atoms with van der Waals surface area (Å²) in [7, 11) is 0.